The Morgan fingerprint density at radius 3 is 2.16 bits per heavy atom. The molecule has 1 aliphatic heterocycles. The first-order valence-corrected chi connectivity index (χ1v) is 6.64. The van der Waals surface area contributed by atoms with E-state index < -0.39 is 17.7 Å². The number of nitrogens with zero attached hydrogens (tertiary/aromatic N) is 1. The largest absolute Gasteiger partial charge is 0.444 e. The lowest BCUT2D eigenvalue weighted by molar-refractivity contribution is -0.111. The van der Waals surface area contributed by atoms with E-state index in [-0.39, 0.29) is 11.7 Å². The van der Waals surface area contributed by atoms with Crippen molar-refractivity contribution in [1.29, 1.82) is 0 Å². The van der Waals surface area contributed by atoms with Gasteiger partial charge in [0.1, 0.15) is 11.9 Å². The van der Waals surface area contributed by atoms with Crippen LogP contribution in [0.25, 0.3) is 0 Å². The first kappa shape index (κ1) is 16.0. The molecular weight excluding hydrogens is 246 g/mol. The molecule has 0 aliphatic carbocycles. The highest BCUT2D eigenvalue weighted by molar-refractivity contribution is 5.74. The number of ether oxygens (including phenoxy) is 2. The molecule has 0 N–H and O–H groups in total. The Morgan fingerprint density at radius 2 is 1.74 bits per heavy atom. The highest BCUT2D eigenvalue weighted by atomic mass is 16.6. The molecule has 1 fully saturated rings. The Labute approximate surface area is 115 Å². The summed E-state index contributed by atoms with van der Waals surface area (Å²) in [5.41, 5.74) is -0.852. The molecule has 2 atom stereocenters. The Balaban J connectivity index is 2.68. The van der Waals surface area contributed by atoms with Gasteiger partial charge in [-0.2, -0.15) is 0 Å². The first-order chi connectivity index (χ1) is 8.52. The highest BCUT2D eigenvalue weighted by Crippen LogP contribution is 2.25. The second-order valence-electron chi connectivity index (χ2n) is 6.92. The molecule has 0 unspecified atom stereocenters. The van der Waals surface area contributed by atoms with Crippen molar-refractivity contribution >= 4 is 12.4 Å². The van der Waals surface area contributed by atoms with E-state index in [1.807, 2.05) is 20.8 Å². The van der Waals surface area contributed by atoms with Gasteiger partial charge in [-0.1, -0.05) is 0 Å². The third-order valence-corrected chi connectivity index (χ3v) is 2.61. The molecule has 5 nitrogen and oxygen atoms in total. The van der Waals surface area contributed by atoms with E-state index in [9.17, 15) is 9.59 Å². The van der Waals surface area contributed by atoms with Crippen LogP contribution in [0.5, 0.6) is 0 Å². The molecule has 0 spiro atoms. The van der Waals surface area contributed by atoms with Gasteiger partial charge in [-0.15, -0.1) is 0 Å². The zero-order valence-electron chi connectivity index (χ0n) is 12.7. The number of aldehydes is 1. The number of hydrogen-bond donors (Lipinski definition) is 0. The second-order valence-corrected chi connectivity index (χ2v) is 6.92. The van der Waals surface area contributed by atoms with Crippen molar-refractivity contribution in [1.82, 2.24) is 4.90 Å². The molecule has 0 aromatic heterocycles. The van der Waals surface area contributed by atoms with Gasteiger partial charge in [0.25, 0.3) is 0 Å². The summed E-state index contributed by atoms with van der Waals surface area (Å²) in [6.07, 6.45) is 0.739. The fourth-order valence-electron chi connectivity index (χ4n) is 2.07. The van der Waals surface area contributed by atoms with Crippen molar-refractivity contribution in [3.8, 4) is 0 Å². The lowest BCUT2D eigenvalue weighted by Crippen LogP contribution is -2.41. The molecule has 0 bridgehead atoms. The molecule has 19 heavy (non-hydrogen) atoms. The molecule has 0 aromatic rings. The predicted molar refractivity (Wildman–Crippen MR) is 72.0 cm³/mol. The topological polar surface area (TPSA) is 55.8 Å². The summed E-state index contributed by atoms with van der Waals surface area (Å²) in [6.45, 7) is 11.7. The van der Waals surface area contributed by atoms with Gasteiger partial charge < -0.3 is 14.3 Å². The molecule has 1 rings (SSSR count). The Hall–Kier alpha value is -1.10. The van der Waals surface area contributed by atoms with Crippen LogP contribution in [-0.4, -0.2) is 47.2 Å². The molecule has 5 heteroatoms. The summed E-state index contributed by atoms with van der Waals surface area (Å²) < 4.78 is 11.1. The highest BCUT2D eigenvalue weighted by Gasteiger charge is 2.39. The van der Waals surface area contributed by atoms with Crippen LogP contribution in [0.2, 0.25) is 0 Å². The summed E-state index contributed by atoms with van der Waals surface area (Å²) in [5, 5.41) is 0. The van der Waals surface area contributed by atoms with E-state index >= 15 is 0 Å². The van der Waals surface area contributed by atoms with Crippen molar-refractivity contribution in [2.75, 3.05) is 6.54 Å². The first-order valence-electron chi connectivity index (χ1n) is 6.64. The van der Waals surface area contributed by atoms with Crippen LogP contribution in [0, 0.1) is 0 Å². The number of rotatable bonds is 2. The van der Waals surface area contributed by atoms with Crippen LogP contribution in [0.3, 0.4) is 0 Å². The molecular formula is C14H25NO4. The number of carbonyl (C=O) groups excluding carboxylic acids is 2. The van der Waals surface area contributed by atoms with Gasteiger partial charge in [0.15, 0.2) is 0 Å². The zero-order chi connectivity index (χ0) is 14.8. The summed E-state index contributed by atoms with van der Waals surface area (Å²) >= 11 is 0. The lowest BCUT2D eigenvalue weighted by Gasteiger charge is -2.27. The fourth-order valence-corrected chi connectivity index (χ4v) is 2.07. The molecule has 1 saturated heterocycles. The Bertz CT molecular complexity index is 340. The molecule has 1 heterocycles. The SMILES string of the molecule is CC(C)(C)OC(=O)N1C[C@H](OC(C)(C)C)C[C@H]1C=O. The predicted octanol–water partition coefficient (Wildman–Crippen LogP) is 2.38. The molecule has 0 radical (unpaired) electrons. The molecule has 1 aliphatic rings. The van der Waals surface area contributed by atoms with E-state index in [2.05, 4.69) is 0 Å². The lowest BCUT2D eigenvalue weighted by atomic mass is 10.1. The number of carbonyl (C=O) groups is 2. The minimum absolute atomic E-state index is 0.122. The third kappa shape index (κ3) is 5.19. The fraction of sp³-hybridized carbons (Fsp3) is 0.857. The van der Waals surface area contributed by atoms with Gasteiger partial charge in [0.05, 0.1) is 24.3 Å². The normalized spacial score (nSPS) is 24.4. The summed E-state index contributed by atoms with van der Waals surface area (Å²) in [6, 6.07) is -0.456. The van der Waals surface area contributed by atoms with E-state index in [1.54, 1.807) is 20.8 Å². The van der Waals surface area contributed by atoms with Gasteiger partial charge in [-0.05, 0) is 41.5 Å². The Morgan fingerprint density at radius 1 is 1.16 bits per heavy atom. The van der Waals surface area contributed by atoms with Crippen LogP contribution < -0.4 is 0 Å². The average molecular weight is 271 g/mol. The minimum Gasteiger partial charge on any atom is -0.444 e. The van der Waals surface area contributed by atoms with E-state index in [0.717, 1.165) is 6.29 Å². The number of amides is 1. The van der Waals surface area contributed by atoms with Crippen molar-refractivity contribution in [2.24, 2.45) is 0 Å². The van der Waals surface area contributed by atoms with Gasteiger partial charge in [0, 0.05) is 6.42 Å². The molecule has 110 valence electrons. The zero-order valence-corrected chi connectivity index (χ0v) is 12.7. The monoisotopic (exact) mass is 271 g/mol. The minimum atomic E-state index is -0.562. The maximum absolute atomic E-state index is 12.0. The van der Waals surface area contributed by atoms with Crippen molar-refractivity contribution in [3.63, 3.8) is 0 Å². The standard InChI is InChI=1S/C14H25NO4/c1-13(2,3)18-11-7-10(9-16)15(8-11)12(17)19-14(4,5)6/h9-11H,7-8H2,1-6H3/t10-,11+/m0/s1. The number of hydrogen-bond acceptors (Lipinski definition) is 4. The Kier molecular flexibility index (Phi) is 4.61. The molecule has 0 saturated carbocycles. The maximum atomic E-state index is 12.0. The van der Waals surface area contributed by atoms with Crippen LogP contribution in [0.15, 0.2) is 0 Å². The van der Waals surface area contributed by atoms with Crippen molar-refractivity contribution in [3.05, 3.63) is 0 Å². The summed E-state index contributed by atoms with van der Waals surface area (Å²) in [4.78, 5) is 24.6. The van der Waals surface area contributed by atoms with Crippen molar-refractivity contribution < 1.29 is 19.1 Å². The molecule has 0 aromatic carbocycles. The van der Waals surface area contributed by atoms with Gasteiger partial charge in [-0.3, -0.25) is 4.90 Å². The third-order valence-electron chi connectivity index (χ3n) is 2.61. The maximum Gasteiger partial charge on any atom is 0.410 e. The second kappa shape index (κ2) is 5.49. The van der Waals surface area contributed by atoms with Gasteiger partial charge in [-0.25, -0.2) is 4.79 Å². The van der Waals surface area contributed by atoms with Crippen LogP contribution in [0.1, 0.15) is 48.0 Å². The van der Waals surface area contributed by atoms with E-state index in [4.69, 9.17) is 9.47 Å². The van der Waals surface area contributed by atoms with Gasteiger partial charge >= 0.3 is 6.09 Å². The summed E-state index contributed by atoms with van der Waals surface area (Å²) in [5.74, 6) is 0. The molecule has 1 amide bonds. The summed E-state index contributed by atoms with van der Waals surface area (Å²) in [7, 11) is 0. The van der Waals surface area contributed by atoms with Crippen LogP contribution in [0.4, 0.5) is 4.79 Å². The van der Waals surface area contributed by atoms with Gasteiger partial charge in [0.2, 0.25) is 0 Å². The number of likely N-dealkylation sites (tertiary alicyclic amines) is 1. The smallest absolute Gasteiger partial charge is 0.410 e. The van der Waals surface area contributed by atoms with Crippen molar-refractivity contribution in [2.45, 2.75) is 71.3 Å². The van der Waals surface area contributed by atoms with E-state index in [1.165, 1.54) is 4.90 Å². The average Bonchev–Trinajstić information content (AvgIpc) is 2.55. The quantitative estimate of drug-likeness (QED) is 0.724. The van der Waals surface area contributed by atoms with Crippen LogP contribution >= 0.6 is 0 Å². The van der Waals surface area contributed by atoms with Crippen LogP contribution in [-0.2, 0) is 14.3 Å². The van der Waals surface area contributed by atoms with E-state index in [0.29, 0.717) is 13.0 Å².